The number of unbranched alkanes of at least 4 members (excludes halogenated alkanes) is 2. The number of aromatic hydroxyl groups is 1. The molecule has 9 unspecified atom stereocenters. The standard InChI is InChI=1S/C51H59NO5/c52-25-24-33-14-17-38(26-33)40(32-53)11-3-1-2-8-35-9-5-7-13-47(50(56)57)51-31-46-41(29-39-10-4-6-12-44(39)49(46)55)30-42(51)21-18-37-16-15-34(28-48(37)51)27-45(35)36-19-22-43(54)23-20-36/h4-7,10,12,15-16,18-23,26,28-29,32,35,38,40-42,45-47,54-55H,1-3,8-9,11,13-14,17,24-25,27,30-31,52H2,(H,56,57). The number of carboxylic acid groups (broad SMARTS) is 1. The van der Waals surface area contributed by atoms with Crippen LogP contribution in [0.25, 0.3) is 17.9 Å². The van der Waals surface area contributed by atoms with Gasteiger partial charge in [-0.15, -0.1) is 0 Å². The third kappa shape index (κ3) is 7.82. The maximum absolute atomic E-state index is 13.6. The van der Waals surface area contributed by atoms with E-state index in [1.165, 1.54) is 23.0 Å². The molecule has 8 rings (SSSR count). The number of allylic oxidation sites excluding steroid dienone is 4. The summed E-state index contributed by atoms with van der Waals surface area (Å²) in [4.78, 5) is 25.7. The summed E-state index contributed by atoms with van der Waals surface area (Å²) in [7, 11) is 0. The zero-order valence-electron chi connectivity index (χ0n) is 33.1. The first kappa shape index (κ1) is 39.2. The molecule has 1 spiro atoms. The smallest absolute Gasteiger partial charge is 0.307 e. The molecule has 0 heterocycles. The van der Waals surface area contributed by atoms with Crippen molar-refractivity contribution >= 4 is 30.2 Å². The highest BCUT2D eigenvalue weighted by atomic mass is 16.4. The van der Waals surface area contributed by atoms with Crippen molar-refractivity contribution in [2.75, 3.05) is 6.54 Å². The predicted molar refractivity (Wildman–Crippen MR) is 228 cm³/mol. The van der Waals surface area contributed by atoms with E-state index in [1.54, 1.807) is 12.1 Å². The first-order valence-corrected chi connectivity index (χ1v) is 21.6. The summed E-state index contributed by atoms with van der Waals surface area (Å²) < 4.78 is 0. The number of aldehydes is 1. The van der Waals surface area contributed by atoms with E-state index in [0.29, 0.717) is 37.0 Å². The van der Waals surface area contributed by atoms with Crippen molar-refractivity contribution < 1.29 is 24.9 Å². The monoisotopic (exact) mass is 765 g/mol. The quantitative estimate of drug-likeness (QED) is 0.0831. The molecule has 3 aromatic carbocycles. The minimum absolute atomic E-state index is 0.0189. The number of phenolic OH excluding ortho intramolecular Hbond substituents is 1. The third-order valence-corrected chi connectivity index (χ3v) is 14.7. The number of aliphatic hydroxyl groups is 1. The summed E-state index contributed by atoms with van der Waals surface area (Å²) in [6.45, 7) is 0.664. The van der Waals surface area contributed by atoms with Crippen LogP contribution in [0.5, 0.6) is 5.75 Å². The van der Waals surface area contributed by atoms with Crippen molar-refractivity contribution in [3.8, 4) is 5.75 Å². The highest BCUT2D eigenvalue weighted by molar-refractivity contribution is 5.76. The Morgan fingerprint density at radius 2 is 1.77 bits per heavy atom. The fourth-order valence-electron chi connectivity index (χ4n) is 11.7. The number of phenols is 1. The van der Waals surface area contributed by atoms with Gasteiger partial charge >= 0.3 is 5.97 Å². The van der Waals surface area contributed by atoms with Crippen molar-refractivity contribution in [2.45, 2.75) is 94.8 Å². The first-order chi connectivity index (χ1) is 27.8. The molecule has 1 fully saturated rings. The molecular weight excluding hydrogens is 707 g/mol. The number of hydrogen-bond acceptors (Lipinski definition) is 5. The maximum atomic E-state index is 13.6. The third-order valence-electron chi connectivity index (χ3n) is 14.7. The van der Waals surface area contributed by atoms with Crippen LogP contribution in [0, 0.1) is 41.4 Å². The van der Waals surface area contributed by atoms with Gasteiger partial charge in [-0.3, -0.25) is 4.79 Å². The van der Waals surface area contributed by atoms with E-state index < -0.39 is 17.3 Å². The predicted octanol–water partition coefficient (Wildman–Crippen LogP) is 8.90. The van der Waals surface area contributed by atoms with Crippen molar-refractivity contribution in [3.05, 3.63) is 129 Å². The molecule has 0 aromatic heterocycles. The molecule has 9 atom stereocenters. The Labute approximate surface area is 337 Å². The number of nitrogens with two attached hydrogens (primary N) is 1. The lowest BCUT2D eigenvalue weighted by Crippen LogP contribution is -2.54. The molecule has 5 N–H and O–H groups in total. The molecule has 0 radical (unpaired) electrons. The van der Waals surface area contributed by atoms with Crippen molar-refractivity contribution in [2.24, 2.45) is 47.2 Å². The number of aliphatic carboxylic acids is 1. The summed E-state index contributed by atoms with van der Waals surface area (Å²) in [5.41, 5.74) is 11.1. The second-order valence-corrected chi connectivity index (χ2v) is 17.8. The number of hydrogen-bond donors (Lipinski definition) is 4. The van der Waals surface area contributed by atoms with Gasteiger partial charge in [-0.2, -0.15) is 0 Å². The van der Waals surface area contributed by atoms with Crippen LogP contribution >= 0.6 is 0 Å². The van der Waals surface area contributed by atoms with Gasteiger partial charge in [-0.05, 0) is 140 Å². The normalized spacial score (nSPS) is 29.4. The van der Waals surface area contributed by atoms with Crippen LogP contribution in [0.3, 0.4) is 0 Å². The van der Waals surface area contributed by atoms with Crippen LogP contribution < -0.4 is 16.2 Å². The van der Waals surface area contributed by atoms with Gasteiger partial charge in [0.1, 0.15) is 17.8 Å². The van der Waals surface area contributed by atoms with Gasteiger partial charge in [0.15, 0.2) is 0 Å². The molecule has 6 nitrogen and oxygen atoms in total. The van der Waals surface area contributed by atoms with Gasteiger partial charge in [0, 0.05) is 22.5 Å². The number of carboxylic acids is 1. The minimum Gasteiger partial charge on any atom is -0.511 e. The summed E-state index contributed by atoms with van der Waals surface area (Å²) in [5, 5.41) is 35.2. The van der Waals surface area contributed by atoms with Gasteiger partial charge in [-0.25, -0.2) is 0 Å². The number of carbonyl (C=O) groups is 2. The minimum atomic E-state index is -0.776. The molecule has 6 heteroatoms. The maximum Gasteiger partial charge on any atom is 0.307 e. The number of rotatable bonds is 12. The second-order valence-electron chi connectivity index (χ2n) is 17.8. The fourth-order valence-corrected chi connectivity index (χ4v) is 11.7. The van der Waals surface area contributed by atoms with Gasteiger partial charge in [0.2, 0.25) is 0 Å². The second kappa shape index (κ2) is 17.0. The van der Waals surface area contributed by atoms with Crippen molar-refractivity contribution in [3.63, 3.8) is 0 Å². The van der Waals surface area contributed by atoms with Crippen LogP contribution in [0.15, 0.2) is 96.6 Å². The number of carbonyl (C=O) groups excluding carboxylic acids is 1. The van der Waals surface area contributed by atoms with Crippen LogP contribution in [0.4, 0.5) is 0 Å². The average Bonchev–Trinajstić information content (AvgIpc) is 3.68. The van der Waals surface area contributed by atoms with Gasteiger partial charge in [0.05, 0.1) is 5.92 Å². The molecular formula is C51H59NO5. The summed E-state index contributed by atoms with van der Waals surface area (Å²) in [5.74, 6) is 0.136. The molecule has 3 aromatic rings. The van der Waals surface area contributed by atoms with Crippen molar-refractivity contribution in [1.82, 2.24) is 0 Å². The van der Waals surface area contributed by atoms with Gasteiger partial charge < -0.3 is 25.8 Å². The Hall–Kier alpha value is -4.68. The Bertz CT molecular complexity index is 2170. The van der Waals surface area contributed by atoms with Crippen LogP contribution in [0.2, 0.25) is 0 Å². The van der Waals surface area contributed by atoms with E-state index in [2.05, 4.69) is 72.9 Å². The first-order valence-electron chi connectivity index (χ1n) is 21.6. The average molecular weight is 766 g/mol. The molecule has 0 aliphatic heterocycles. The summed E-state index contributed by atoms with van der Waals surface area (Å²) >= 11 is 0. The molecule has 0 saturated heterocycles. The van der Waals surface area contributed by atoms with E-state index >= 15 is 0 Å². The molecule has 5 aliphatic rings. The van der Waals surface area contributed by atoms with Crippen LogP contribution in [-0.2, 0) is 21.4 Å². The molecule has 2 bridgehead atoms. The molecule has 0 amide bonds. The number of benzene rings is 3. The lowest BCUT2D eigenvalue weighted by Gasteiger charge is -2.54. The molecule has 57 heavy (non-hydrogen) atoms. The van der Waals surface area contributed by atoms with E-state index in [0.717, 1.165) is 92.2 Å². The topological polar surface area (TPSA) is 121 Å². The number of aliphatic hydroxyl groups excluding tert-OH is 1. The zero-order chi connectivity index (χ0) is 39.5. The van der Waals surface area contributed by atoms with Crippen LogP contribution in [0.1, 0.15) is 105 Å². The van der Waals surface area contributed by atoms with Gasteiger partial charge in [-0.1, -0.05) is 116 Å². The molecule has 1 saturated carbocycles. The van der Waals surface area contributed by atoms with E-state index in [4.69, 9.17) is 5.73 Å². The Morgan fingerprint density at radius 1 is 0.947 bits per heavy atom. The van der Waals surface area contributed by atoms with Crippen LogP contribution in [-0.4, -0.2) is 34.1 Å². The van der Waals surface area contributed by atoms with E-state index in [-0.39, 0.29) is 35.3 Å². The lowest BCUT2D eigenvalue weighted by atomic mass is 9.49. The molecule has 298 valence electrons. The SMILES string of the molecule is NCCC1=CC(C(C=O)CCCCCC2CC=CCC(C(=O)O)C34CC5C(O)=c6ccccc6=CC5CC3C=Cc3ccc(cc34)CC2c2ccc(O)cc2)CC1. The Balaban J connectivity index is 1.09. The lowest BCUT2D eigenvalue weighted by molar-refractivity contribution is -0.146. The highest BCUT2D eigenvalue weighted by Crippen LogP contribution is 2.59. The van der Waals surface area contributed by atoms with E-state index in [9.17, 15) is 24.9 Å². The van der Waals surface area contributed by atoms with Crippen molar-refractivity contribution in [1.29, 1.82) is 0 Å². The molecule has 5 aliphatic carbocycles. The summed E-state index contributed by atoms with van der Waals surface area (Å²) in [6.07, 6.45) is 26.2. The van der Waals surface area contributed by atoms with Gasteiger partial charge in [0.25, 0.3) is 0 Å². The number of fused-ring (bicyclic) bond motifs is 3. The van der Waals surface area contributed by atoms with E-state index in [1.807, 2.05) is 18.2 Å². The summed E-state index contributed by atoms with van der Waals surface area (Å²) in [6, 6.07) is 22.5. The fraction of sp³-hybridized carbons (Fsp3) is 0.451. The Morgan fingerprint density at radius 3 is 2.58 bits per heavy atom. The Kier molecular flexibility index (Phi) is 11.7. The largest absolute Gasteiger partial charge is 0.511 e. The highest BCUT2D eigenvalue weighted by Gasteiger charge is 2.56. The zero-order valence-corrected chi connectivity index (χ0v) is 33.1.